The number of aromatic nitrogens is 6. The number of aryl methyl sites for hydroxylation is 1. The van der Waals surface area contributed by atoms with Crippen LogP contribution in [0.2, 0.25) is 5.02 Å². The Morgan fingerprint density at radius 2 is 2.11 bits per heavy atom. The van der Waals surface area contributed by atoms with Crippen LogP contribution in [0.4, 0.5) is 15.9 Å². The highest BCUT2D eigenvalue weighted by molar-refractivity contribution is 7.13. The van der Waals surface area contributed by atoms with Crippen molar-refractivity contribution in [2.45, 2.75) is 32.6 Å². The van der Waals surface area contributed by atoms with E-state index < -0.39 is 11.8 Å². The molecule has 5 aromatic rings. The summed E-state index contributed by atoms with van der Waals surface area (Å²) in [6, 6.07) is 7.08. The van der Waals surface area contributed by atoms with Crippen molar-refractivity contribution >= 4 is 51.4 Å². The van der Waals surface area contributed by atoms with Gasteiger partial charge in [-0.2, -0.15) is 5.10 Å². The van der Waals surface area contributed by atoms with E-state index in [1.807, 2.05) is 25.3 Å². The second-order valence-electron chi connectivity index (χ2n) is 8.50. The lowest BCUT2D eigenvalue weighted by Crippen LogP contribution is -2.10. The van der Waals surface area contributed by atoms with Crippen molar-refractivity contribution < 1.29 is 14.3 Å². The number of H-pyrrole nitrogens is 1. The quantitative estimate of drug-likeness (QED) is 0.209. The molecule has 0 aliphatic carbocycles. The summed E-state index contributed by atoms with van der Waals surface area (Å²) in [5.74, 6) is -1.58. The van der Waals surface area contributed by atoms with E-state index in [0.29, 0.717) is 44.4 Å². The zero-order valence-corrected chi connectivity index (χ0v) is 21.4. The van der Waals surface area contributed by atoms with Crippen LogP contribution in [-0.2, 0) is 4.79 Å². The van der Waals surface area contributed by atoms with E-state index >= 15 is 4.39 Å². The molecule has 0 fully saturated rings. The van der Waals surface area contributed by atoms with Crippen LogP contribution in [0, 0.1) is 12.7 Å². The van der Waals surface area contributed by atoms with E-state index in [-0.39, 0.29) is 29.7 Å². The van der Waals surface area contributed by atoms with Crippen LogP contribution in [0.1, 0.15) is 36.9 Å². The van der Waals surface area contributed by atoms with Gasteiger partial charge in [-0.1, -0.05) is 24.6 Å². The van der Waals surface area contributed by atoms with Gasteiger partial charge in [0, 0.05) is 24.7 Å². The maximum atomic E-state index is 15.9. The number of fused-ring (bicyclic) bond motifs is 1. The summed E-state index contributed by atoms with van der Waals surface area (Å²) in [7, 11) is 0. The highest BCUT2D eigenvalue weighted by Crippen LogP contribution is 2.36. The fourth-order valence-corrected chi connectivity index (χ4v) is 4.84. The molecule has 0 aliphatic heterocycles. The molecular weight excluding hydrogens is 517 g/mol. The summed E-state index contributed by atoms with van der Waals surface area (Å²) in [6.45, 7) is 3.76. The molecule has 0 amide bonds. The number of nitrogens with one attached hydrogen (secondary N) is 2. The second kappa shape index (κ2) is 10.2. The smallest absolute Gasteiger partial charge is 0.303 e. The molecule has 0 saturated carbocycles. The maximum Gasteiger partial charge on any atom is 0.303 e. The van der Waals surface area contributed by atoms with Crippen molar-refractivity contribution in [2.75, 3.05) is 5.32 Å². The summed E-state index contributed by atoms with van der Waals surface area (Å²) in [6.07, 6.45) is 3.53. The van der Waals surface area contributed by atoms with Gasteiger partial charge in [0.2, 0.25) is 0 Å². The molecule has 5 heterocycles. The molecule has 12 heteroatoms. The predicted molar refractivity (Wildman–Crippen MR) is 141 cm³/mol. The van der Waals surface area contributed by atoms with Gasteiger partial charge in [-0.3, -0.25) is 14.9 Å². The molecule has 3 N–H and O–H groups in total. The van der Waals surface area contributed by atoms with Crippen molar-refractivity contribution in [3.8, 4) is 22.1 Å². The lowest BCUT2D eigenvalue weighted by molar-refractivity contribution is -0.137. The van der Waals surface area contributed by atoms with Crippen LogP contribution in [0.3, 0.4) is 0 Å². The number of aromatic amines is 1. The highest BCUT2D eigenvalue weighted by atomic mass is 35.5. The molecule has 0 saturated heterocycles. The van der Waals surface area contributed by atoms with Crippen molar-refractivity contribution in [2.24, 2.45) is 0 Å². The molecule has 9 nitrogen and oxygen atoms in total. The zero-order chi connectivity index (χ0) is 26.1. The summed E-state index contributed by atoms with van der Waals surface area (Å²) in [4.78, 5) is 29.5. The number of aliphatic carboxylic acids is 1. The normalized spacial score (nSPS) is 12.1. The van der Waals surface area contributed by atoms with Crippen LogP contribution >= 0.6 is 22.9 Å². The lowest BCUT2D eigenvalue weighted by atomic mass is 9.98. The number of carboxylic acids is 1. The number of thiophene rings is 1. The van der Waals surface area contributed by atoms with E-state index in [1.165, 1.54) is 17.5 Å². The van der Waals surface area contributed by atoms with Gasteiger partial charge in [0.05, 0.1) is 26.7 Å². The average molecular weight is 538 g/mol. The third kappa shape index (κ3) is 5.00. The molecule has 0 aliphatic rings. The van der Waals surface area contributed by atoms with E-state index in [2.05, 4.69) is 35.5 Å². The van der Waals surface area contributed by atoms with Crippen LogP contribution in [0.15, 0.2) is 42.0 Å². The van der Waals surface area contributed by atoms with Gasteiger partial charge >= 0.3 is 5.97 Å². The van der Waals surface area contributed by atoms with Gasteiger partial charge in [0.25, 0.3) is 0 Å². The number of hydrogen-bond donors (Lipinski definition) is 3. The monoisotopic (exact) mass is 537 g/mol. The minimum Gasteiger partial charge on any atom is -0.481 e. The molecule has 0 bridgehead atoms. The first-order valence-electron chi connectivity index (χ1n) is 11.4. The fraction of sp³-hybridized carbons (Fsp3) is 0.200. The van der Waals surface area contributed by atoms with Crippen LogP contribution in [0.25, 0.3) is 33.1 Å². The SMILES string of the molecule is Cc1ccnc(C(C)CCC(=O)O)c1Nc1nc(-c2n[nH]c3ncc(Cl)cc23)nc(-c2cccs2)c1F. The van der Waals surface area contributed by atoms with Gasteiger partial charge in [-0.25, -0.2) is 19.3 Å². The van der Waals surface area contributed by atoms with Gasteiger partial charge in [0.15, 0.2) is 23.1 Å². The number of rotatable bonds is 8. The first-order valence-corrected chi connectivity index (χ1v) is 12.6. The summed E-state index contributed by atoms with van der Waals surface area (Å²) >= 11 is 7.51. The second-order valence-corrected chi connectivity index (χ2v) is 9.89. The van der Waals surface area contributed by atoms with Crippen molar-refractivity contribution in [1.29, 1.82) is 0 Å². The molecule has 188 valence electrons. The largest absolute Gasteiger partial charge is 0.481 e. The number of carboxylic acid groups (broad SMARTS) is 1. The van der Waals surface area contributed by atoms with Crippen LogP contribution < -0.4 is 5.32 Å². The average Bonchev–Trinajstić information content (AvgIpc) is 3.55. The van der Waals surface area contributed by atoms with Crippen molar-refractivity contribution in [3.05, 3.63) is 64.1 Å². The molecule has 0 radical (unpaired) electrons. The number of halogens is 2. The highest BCUT2D eigenvalue weighted by Gasteiger charge is 2.23. The molecule has 5 aromatic heterocycles. The third-order valence-corrected chi connectivity index (χ3v) is 6.97. The number of hydrogen-bond acceptors (Lipinski definition) is 8. The van der Waals surface area contributed by atoms with E-state index in [1.54, 1.807) is 24.4 Å². The van der Waals surface area contributed by atoms with E-state index in [4.69, 9.17) is 16.7 Å². The molecule has 1 atom stereocenters. The fourth-order valence-electron chi connectivity index (χ4n) is 3.97. The van der Waals surface area contributed by atoms with Gasteiger partial charge in [0.1, 0.15) is 11.4 Å². The number of nitrogens with zero attached hydrogens (tertiary/aromatic N) is 5. The van der Waals surface area contributed by atoms with Gasteiger partial charge in [-0.05, 0) is 42.5 Å². The van der Waals surface area contributed by atoms with Crippen molar-refractivity contribution in [3.63, 3.8) is 0 Å². The standard InChI is InChI=1S/C25H21ClFN7O2S/c1-12(5-6-17(35)36)19-20(13(2)7-8-28-19)30-24-18(27)22(16-4-3-9-37-16)31-25(32-24)21-15-10-14(26)11-29-23(15)34-33-21/h3-4,7-12H,5-6H2,1-2H3,(H,35,36)(H,29,33,34)(H,30,31,32). The Morgan fingerprint density at radius 3 is 2.86 bits per heavy atom. The number of pyridine rings is 2. The minimum atomic E-state index is -0.887. The molecule has 5 rings (SSSR count). The first-order chi connectivity index (χ1) is 17.8. The number of carbonyl (C=O) groups is 1. The Kier molecular flexibility index (Phi) is 6.81. The Bertz CT molecular complexity index is 1610. The topological polar surface area (TPSA) is 130 Å². The molecular formula is C25H21ClFN7O2S. The lowest BCUT2D eigenvalue weighted by Gasteiger charge is -2.19. The van der Waals surface area contributed by atoms with E-state index in [9.17, 15) is 4.79 Å². The van der Waals surface area contributed by atoms with Gasteiger partial charge in [-0.15, -0.1) is 11.3 Å². The van der Waals surface area contributed by atoms with E-state index in [0.717, 1.165) is 5.56 Å². The Labute approximate surface area is 219 Å². The van der Waals surface area contributed by atoms with Crippen LogP contribution in [0.5, 0.6) is 0 Å². The van der Waals surface area contributed by atoms with Crippen molar-refractivity contribution in [1.82, 2.24) is 30.1 Å². The Morgan fingerprint density at radius 1 is 1.27 bits per heavy atom. The number of anilines is 2. The molecule has 1 unspecified atom stereocenters. The third-order valence-electron chi connectivity index (χ3n) is 5.89. The summed E-state index contributed by atoms with van der Waals surface area (Å²) in [5, 5.41) is 22.3. The first kappa shape index (κ1) is 24.7. The molecule has 37 heavy (non-hydrogen) atoms. The molecule has 0 spiro atoms. The Balaban J connectivity index is 1.65. The zero-order valence-electron chi connectivity index (χ0n) is 19.8. The molecule has 0 aromatic carbocycles. The Hall–Kier alpha value is -3.96. The summed E-state index contributed by atoms with van der Waals surface area (Å²) in [5.41, 5.74) is 3.00. The minimum absolute atomic E-state index is 0.00635. The predicted octanol–water partition coefficient (Wildman–Crippen LogP) is 6.35. The summed E-state index contributed by atoms with van der Waals surface area (Å²) < 4.78 is 15.9. The van der Waals surface area contributed by atoms with Crippen LogP contribution in [-0.4, -0.2) is 41.2 Å². The van der Waals surface area contributed by atoms with Gasteiger partial charge < -0.3 is 10.4 Å². The maximum absolute atomic E-state index is 15.9.